The quantitative estimate of drug-likeness (QED) is 0.445. The molecule has 1 aromatic rings. The second-order valence-corrected chi connectivity index (χ2v) is 10.8. The number of nitrogens with zero attached hydrogens (tertiary/aromatic N) is 2. The van der Waals surface area contributed by atoms with Crippen LogP contribution in [-0.2, 0) is 33.9 Å². The Balaban J connectivity index is 1.60. The van der Waals surface area contributed by atoms with E-state index < -0.39 is 34.5 Å². The van der Waals surface area contributed by atoms with E-state index in [1.54, 1.807) is 0 Å². The fourth-order valence-electron chi connectivity index (χ4n) is 4.10. The first-order valence-corrected chi connectivity index (χ1v) is 12.3. The van der Waals surface area contributed by atoms with Gasteiger partial charge in [-0.3, -0.25) is 19.3 Å². The van der Waals surface area contributed by atoms with Gasteiger partial charge in [0.1, 0.15) is 10.9 Å². The molecular weight excluding hydrogens is 474 g/mol. The number of imide groups is 1. The zero-order valence-corrected chi connectivity index (χ0v) is 20.1. The second kappa shape index (κ2) is 9.78. The molecule has 1 aromatic carbocycles. The normalized spacial score (nSPS) is 21.7. The van der Waals surface area contributed by atoms with Crippen LogP contribution in [0.15, 0.2) is 23.1 Å². The van der Waals surface area contributed by atoms with Crippen LogP contribution in [0.5, 0.6) is 0 Å². The number of esters is 1. The Bertz CT molecular complexity index is 1070. The Morgan fingerprint density at radius 1 is 1.18 bits per heavy atom. The van der Waals surface area contributed by atoms with Crippen molar-refractivity contribution in [3.8, 4) is 0 Å². The predicted octanol–water partition coefficient (Wildman–Crippen LogP) is 1.64. The number of benzene rings is 1. The monoisotopic (exact) mass is 499 g/mol. The van der Waals surface area contributed by atoms with Crippen molar-refractivity contribution >= 4 is 51.0 Å². The molecule has 2 unspecified atom stereocenters. The number of carbonyl (C=O) groups is 4. The van der Waals surface area contributed by atoms with Gasteiger partial charge in [-0.2, -0.15) is 0 Å². The van der Waals surface area contributed by atoms with Crippen LogP contribution in [0.2, 0.25) is 5.02 Å². The summed E-state index contributed by atoms with van der Waals surface area (Å²) < 4.78 is 30.7. The number of sulfonamides is 1. The van der Waals surface area contributed by atoms with E-state index in [1.165, 1.54) is 39.2 Å². The summed E-state index contributed by atoms with van der Waals surface area (Å²) in [5, 5.41) is 2.43. The predicted molar refractivity (Wildman–Crippen MR) is 119 cm³/mol. The van der Waals surface area contributed by atoms with Crippen molar-refractivity contribution < 1.29 is 32.3 Å². The molecule has 2 aliphatic rings. The molecule has 12 heteroatoms. The number of hydrogen-bond acceptors (Lipinski definition) is 7. The molecule has 1 aliphatic carbocycles. The van der Waals surface area contributed by atoms with Gasteiger partial charge in [0.25, 0.3) is 5.91 Å². The lowest BCUT2D eigenvalue weighted by molar-refractivity contribution is -0.159. The number of anilines is 1. The van der Waals surface area contributed by atoms with Gasteiger partial charge in [0, 0.05) is 19.8 Å². The first kappa shape index (κ1) is 25.1. The van der Waals surface area contributed by atoms with Gasteiger partial charge in [0.05, 0.1) is 16.9 Å². The molecule has 2 fully saturated rings. The van der Waals surface area contributed by atoms with E-state index in [-0.39, 0.29) is 39.3 Å². The average molecular weight is 500 g/mol. The molecular formula is C21H26ClN3O7S. The number of likely N-dealkylation sites (tertiary alicyclic amines) is 1. The second-order valence-electron chi connectivity index (χ2n) is 8.31. The van der Waals surface area contributed by atoms with Gasteiger partial charge in [-0.05, 0) is 38.0 Å². The lowest BCUT2D eigenvalue weighted by atomic mass is 9.81. The van der Waals surface area contributed by atoms with E-state index >= 15 is 0 Å². The van der Waals surface area contributed by atoms with Crippen molar-refractivity contribution in [2.75, 3.05) is 26.0 Å². The highest BCUT2D eigenvalue weighted by atomic mass is 35.5. The molecule has 3 atom stereocenters. The number of amides is 3. The topological polar surface area (TPSA) is 130 Å². The van der Waals surface area contributed by atoms with Crippen molar-refractivity contribution in [1.82, 2.24) is 9.21 Å². The largest absolute Gasteiger partial charge is 0.454 e. The molecule has 1 saturated heterocycles. The highest BCUT2D eigenvalue weighted by molar-refractivity contribution is 7.89. The molecule has 1 aliphatic heterocycles. The fourth-order valence-corrected chi connectivity index (χ4v) is 5.50. The molecule has 1 saturated carbocycles. The fraction of sp³-hybridized carbons (Fsp3) is 0.524. The summed E-state index contributed by atoms with van der Waals surface area (Å²) in [7, 11) is -1.14. The highest BCUT2D eigenvalue weighted by Gasteiger charge is 2.51. The number of ether oxygens (including phenoxy) is 1. The Hall–Kier alpha value is -2.50. The van der Waals surface area contributed by atoms with Crippen LogP contribution >= 0.6 is 11.6 Å². The zero-order chi connectivity index (χ0) is 24.5. The number of hydrogen-bond donors (Lipinski definition) is 1. The molecule has 0 bridgehead atoms. The standard InChI is InChI=1S/C21H26ClN3O7S/c1-12(25-19(27)14-6-4-5-7-15(14)20(25)28)21(29)32-11-18(26)23-13-8-9-16(22)17(10-13)33(30,31)24(2)3/h8-10,12,14-15H,4-7,11H2,1-3H3,(H,23,26)/t12-,14?,15?/m0/s1. The third-order valence-corrected chi connectivity index (χ3v) is 8.22. The summed E-state index contributed by atoms with van der Waals surface area (Å²) in [5.74, 6) is -3.11. The summed E-state index contributed by atoms with van der Waals surface area (Å²) in [6, 6.07) is 2.79. The van der Waals surface area contributed by atoms with Crippen LogP contribution in [0.1, 0.15) is 32.6 Å². The number of fused-ring (bicyclic) bond motifs is 1. The molecule has 0 aromatic heterocycles. The van der Waals surface area contributed by atoms with Crippen molar-refractivity contribution in [3.63, 3.8) is 0 Å². The van der Waals surface area contributed by atoms with Gasteiger partial charge >= 0.3 is 5.97 Å². The molecule has 3 amide bonds. The van der Waals surface area contributed by atoms with E-state index in [9.17, 15) is 27.6 Å². The minimum absolute atomic E-state index is 0.0116. The van der Waals surface area contributed by atoms with Gasteiger partial charge in [-0.15, -0.1) is 0 Å². The van der Waals surface area contributed by atoms with E-state index in [2.05, 4.69) is 5.32 Å². The lowest BCUT2D eigenvalue weighted by Gasteiger charge is -2.21. The minimum atomic E-state index is -3.84. The first-order valence-electron chi connectivity index (χ1n) is 10.5. The van der Waals surface area contributed by atoms with Crippen LogP contribution in [0, 0.1) is 11.8 Å². The lowest BCUT2D eigenvalue weighted by Crippen LogP contribution is -2.45. The van der Waals surface area contributed by atoms with Crippen LogP contribution in [0.4, 0.5) is 5.69 Å². The van der Waals surface area contributed by atoms with Crippen molar-refractivity contribution in [3.05, 3.63) is 23.2 Å². The molecule has 1 heterocycles. The molecule has 1 N–H and O–H groups in total. The summed E-state index contributed by atoms with van der Waals surface area (Å²) in [4.78, 5) is 50.7. The van der Waals surface area contributed by atoms with E-state index in [4.69, 9.17) is 16.3 Å². The Morgan fingerprint density at radius 2 is 1.76 bits per heavy atom. The SMILES string of the molecule is C[C@@H](C(=O)OCC(=O)Nc1ccc(Cl)c(S(=O)(=O)N(C)C)c1)N1C(=O)C2CCCCC2C1=O. The van der Waals surface area contributed by atoms with Gasteiger partial charge in [0.15, 0.2) is 6.61 Å². The van der Waals surface area contributed by atoms with E-state index in [1.807, 2.05) is 0 Å². The number of nitrogens with one attached hydrogen (secondary N) is 1. The van der Waals surface area contributed by atoms with Crippen LogP contribution < -0.4 is 5.32 Å². The Labute approximate surface area is 197 Å². The molecule has 10 nitrogen and oxygen atoms in total. The van der Waals surface area contributed by atoms with Gasteiger partial charge in [0.2, 0.25) is 21.8 Å². The Morgan fingerprint density at radius 3 is 2.30 bits per heavy atom. The van der Waals surface area contributed by atoms with E-state index in [0.29, 0.717) is 12.8 Å². The maximum Gasteiger partial charge on any atom is 0.329 e. The van der Waals surface area contributed by atoms with Gasteiger partial charge in [-0.1, -0.05) is 24.4 Å². The molecule has 180 valence electrons. The van der Waals surface area contributed by atoms with Crippen LogP contribution in [0.3, 0.4) is 0 Å². The number of halogens is 1. The molecule has 3 rings (SSSR count). The summed E-state index contributed by atoms with van der Waals surface area (Å²) in [6.07, 6.45) is 3.00. The first-order chi connectivity index (χ1) is 15.4. The van der Waals surface area contributed by atoms with Crippen LogP contribution in [0.25, 0.3) is 0 Å². The van der Waals surface area contributed by atoms with Crippen LogP contribution in [-0.4, -0.2) is 68.1 Å². The van der Waals surface area contributed by atoms with Gasteiger partial charge < -0.3 is 10.1 Å². The highest BCUT2D eigenvalue weighted by Crippen LogP contribution is 2.39. The number of rotatable bonds is 7. The van der Waals surface area contributed by atoms with E-state index in [0.717, 1.165) is 22.0 Å². The molecule has 0 radical (unpaired) electrons. The molecule has 0 spiro atoms. The smallest absolute Gasteiger partial charge is 0.329 e. The minimum Gasteiger partial charge on any atom is -0.454 e. The maximum absolute atomic E-state index is 12.6. The third kappa shape index (κ3) is 5.04. The van der Waals surface area contributed by atoms with Crippen molar-refractivity contribution in [2.45, 2.75) is 43.5 Å². The third-order valence-electron chi connectivity index (χ3n) is 5.92. The Kier molecular flexibility index (Phi) is 7.45. The van der Waals surface area contributed by atoms with Gasteiger partial charge in [-0.25, -0.2) is 17.5 Å². The zero-order valence-electron chi connectivity index (χ0n) is 18.5. The summed E-state index contributed by atoms with van der Waals surface area (Å²) in [6.45, 7) is 0.718. The van der Waals surface area contributed by atoms with Crippen molar-refractivity contribution in [2.24, 2.45) is 11.8 Å². The average Bonchev–Trinajstić information content (AvgIpc) is 3.03. The summed E-state index contributed by atoms with van der Waals surface area (Å²) >= 11 is 5.98. The maximum atomic E-state index is 12.6. The number of carbonyl (C=O) groups excluding carboxylic acids is 4. The summed E-state index contributed by atoms with van der Waals surface area (Å²) in [5.41, 5.74) is 0.142. The molecule has 33 heavy (non-hydrogen) atoms. The van der Waals surface area contributed by atoms with Crippen molar-refractivity contribution in [1.29, 1.82) is 0 Å².